The maximum Gasteiger partial charge on any atom is 0.270 e. The summed E-state index contributed by atoms with van der Waals surface area (Å²) in [4.78, 5) is 10.8. The molecule has 138 valence electrons. The number of benzene rings is 2. The van der Waals surface area contributed by atoms with Gasteiger partial charge >= 0.3 is 0 Å². The number of ether oxygens (including phenoxy) is 2. The number of hydrogen-bond donors (Lipinski definition) is 0. The molecule has 3 aromatic rings. The van der Waals surface area contributed by atoms with E-state index in [9.17, 15) is 10.1 Å². The van der Waals surface area contributed by atoms with E-state index in [2.05, 4.69) is 10.2 Å². The molecule has 9 heteroatoms. The van der Waals surface area contributed by atoms with E-state index in [1.165, 1.54) is 17.8 Å². The van der Waals surface area contributed by atoms with Crippen molar-refractivity contribution in [3.63, 3.8) is 0 Å². The highest BCUT2D eigenvalue weighted by molar-refractivity contribution is 7.98. The van der Waals surface area contributed by atoms with Crippen LogP contribution >= 0.6 is 11.8 Å². The molecule has 0 spiro atoms. The maximum atomic E-state index is 11.2. The number of para-hydroxylation sites is 1. The molecule has 1 aliphatic heterocycles. The first-order valence-electron chi connectivity index (χ1n) is 8.23. The summed E-state index contributed by atoms with van der Waals surface area (Å²) >= 11 is 1.45. The number of nitro groups is 1. The summed E-state index contributed by atoms with van der Waals surface area (Å²) in [5.74, 6) is 1.12. The normalized spacial score (nSPS) is 13.1. The van der Waals surface area contributed by atoms with E-state index in [1.54, 1.807) is 12.4 Å². The molecule has 2 heterocycles. The van der Waals surface area contributed by atoms with Gasteiger partial charge in [0.05, 0.1) is 17.2 Å². The van der Waals surface area contributed by atoms with Gasteiger partial charge < -0.3 is 9.47 Å². The van der Waals surface area contributed by atoms with Gasteiger partial charge in [0.2, 0.25) is 0 Å². The monoisotopic (exact) mass is 384 g/mol. The number of rotatable bonds is 5. The Morgan fingerprint density at radius 1 is 1.33 bits per heavy atom. The molecule has 0 radical (unpaired) electrons. The predicted octanol–water partition coefficient (Wildman–Crippen LogP) is 3.64. The average molecular weight is 384 g/mol. The zero-order chi connectivity index (χ0) is 18.8. The van der Waals surface area contributed by atoms with Crippen LogP contribution in [0.3, 0.4) is 0 Å². The summed E-state index contributed by atoms with van der Waals surface area (Å²) in [6.07, 6.45) is 1.66. The molecule has 0 atom stereocenters. The largest absolute Gasteiger partial charge is 0.467 e. The molecule has 0 aliphatic carbocycles. The molecule has 0 saturated heterocycles. The molecule has 0 unspecified atom stereocenters. The summed E-state index contributed by atoms with van der Waals surface area (Å²) in [7, 11) is 0. The van der Waals surface area contributed by atoms with Crippen molar-refractivity contribution in [1.29, 1.82) is 0 Å². The SMILES string of the molecule is Cc1ccccc1-n1cnnc1SCc1cc([N+](=O)[O-])cc2c1OCOC2. The van der Waals surface area contributed by atoms with Crippen LogP contribution in [0.1, 0.15) is 16.7 Å². The molecule has 0 N–H and O–H groups in total. The number of nitro benzene ring substituents is 1. The number of fused-ring (bicyclic) bond motifs is 1. The summed E-state index contributed by atoms with van der Waals surface area (Å²) in [5.41, 5.74) is 3.56. The van der Waals surface area contributed by atoms with Gasteiger partial charge in [-0.15, -0.1) is 10.2 Å². The summed E-state index contributed by atoms with van der Waals surface area (Å²) < 4.78 is 12.8. The third-order valence-corrected chi connectivity index (χ3v) is 5.22. The number of nitrogens with zero attached hydrogens (tertiary/aromatic N) is 4. The number of thioether (sulfide) groups is 1. The van der Waals surface area contributed by atoms with Gasteiger partial charge in [-0.1, -0.05) is 30.0 Å². The second-order valence-corrected chi connectivity index (χ2v) is 6.96. The highest BCUT2D eigenvalue weighted by atomic mass is 32.2. The van der Waals surface area contributed by atoms with E-state index in [0.29, 0.717) is 28.8 Å². The van der Waals surface area contributed by atoms with Gasteiger partial charge in [-0.25, -0.2) is 0 Å². The summed E-state index contributed by atoms with van der Waals surface area (Å²) in [6, 6.07) is 11.0. The fraction of sp³-hybridized carbons (Fsp3) is 0.222. The number of hydrogen-bond acceptors (Lipinski definition) is 7. The van der Waals surface area contributed by atoms with E-state index >= 15 is 0 Å². The first-order chi connectivity index (χ1) is 13.1. The van der Waals surface area contributed by atoms with Crippen LogP contribution in [0.4, 0.5) is 5.69 Å². The van der Waals surface area contributed by atoms with Crippen molar-refractivity contribution in [3.8, 4) is 11.4 Å². The average Bonchev–Trinajstić information content (AvgIpc) is 3.14. The molecule has 0 fully saturated rings. The van der Waals surface area contributed by atoms with E-state index in [4.69, 9.17) is 9.47 Å². The molecule has 8 nitrogen and oxygen atoms in total. The van der Waals surface area contributed by atoms with Gasteiger partial charge in [0.25, 0.3) is 5.69 Å². The Morgan fingerprint density at radius 2 is 2.19 bits per heavy atom. The van der Waals surface area contributed by atoms with Crippen LogP contribution in [0.2, 0.25) is 0 Å². The molecular weight excluding hydrogens is 368 g/mol. The lowest BCUT2D eigenvalue weighted by molar-refractivity contribution is -0.385. The second-order valence-electron chi connectivity index (χ2n) is 6.02. The Bertz CT molecular complexity index is 1000. The standard InChI is InChI=1S/C18H16N4O4S/c1-12-4-2-3-5-16(12)21-10-19-20-18(21)27-9-14-7-15(22(23)24)6-13-8-25-11-26-17(13)14/h2-7,10H,8-9,11H2,1H3. The number of non-ortho nitro benzene ring substituents is 1. The molecule has 1 aromatic heterocycles. The van der Waals surface area contributed by atoms with Crippen LogP contribution in [0.5, 0.6) is 5.75 Å². The minimum absolute atomic E-state index is 0.0267. The molecule has 27 heavy (non-hydrogen) atoms. The molecule has 0 saturated carbocycles. The lowest BCUT2D eigenvalue weighted by Crippen LogP contribution is -2.13. The Morgan fingerprint density at radius 3 is 3.00 bits per heavy atom. The van der Waals surface area contributed by atoms with Gasteiger partial charge in [-0.2, -0.15) is 0 Å². The lowest BCUT2D eigenvalue weighted by atomic mass is 10.1. The van der Waals surface area contributed by atoms with Crippen LogP contribution in [0.25, 0.3) is 5.69 Å². The summed E-state index contributed by atoms with van der Waals surface area (Å²) in [5, 5.41) is 20.2. The zero-order valence-corrected chi connectivity index (χ0v) is 15.3. The molecule has 2 aromatic carbocycles. The van der Waals surface area contributed by atoms with Crippen LogP contribution in [-0.2, 0) is 17.1 Å². The zero-order valence-electron chi connectivity index (χ0n) is 14.5. The van der Waals surface area contributed by atoms with E-state index in [0.717, 1.165) is 16.8 Å². The van der Waals surface area contributed by atoms with Crippen molar-refractivity contribution in [3.05, 3.63) is 69.5 Å². The van der Waals surface area contributed by atoms with Gasteiger partial charge in [-0.3, -0.25) is 14.7 Å². The third kappa shape index (κ3) is 3.51. The fourth-order valence-electron chi connectivity index (χ4n) is 2.96. The fourth-order valence-corrected chi connectivity index (χ4v) is 3.85. The first-order valence-corrected chi connectivity index (χ1v) is 9.21. The predicted molar refractivity (Wildman–Crippen MR) is 99.0 cm³/mol. The van der Waals surface area contributed by atoms with Crippen molar-refractivity contribution < 1.29 is 14.4 Å². The quantitative estimate of drug-likeness (QED) is 0.377. The molecule has 4 rings (SSSR count). The van der Waals surface area contributed by atoms with Crippen LogP contribution in [-0.4, -0.2) is 26.5 Å². The van der Waals surface area contributed by atoms with Crippen molar-refractivity contribution in [2.45, 2.75) is 24.4 Å². The van der Waals surface area contributed by atoms with Crippen LogP contribution < -0.4 is 4.74 Å². The van der Waals surface area contributed by atoms with Gasteiger partial charge in [0.1, 0.15) is 12.1 Å². The molecular formula is C18H16N4O4S. The molecule has 0 amide bonds. The smallest absolute Gasteiger partial charge is 0.270 e. The van der Waals surface area contributed by atoms with Gasteiger partial charge in [0.15, 0.2) is 11.9 Å². The second kappa shape index (κ2) is 7.37. The van der Waals surface area contributed by atoms with Crippen molar-refractivity contribution in [2.75, 3.05) is 6.79 Å². The number of aromatic nitrogens is 3. The Hall–Kier alpha value is -2.91. The van der Waals surface area contributed by atoms with Crippen molar-refractivity contribution in [2.24, 2.45) is 0 Å². The van der Waals surface area contributed by atoms with Crippen molar-refractivity contribution in [1.82, 2.24) is 14.8 Å². The van der Waals surface area contributed by atoms with Gasteiger partial charge in [-0.05, 0) is 18.6 Å². The number of aryl methyl sites for hydroxylation is 1. The Kier molecular flexibility index (Phi) is 4.78. The minimum Gasteiger partial charge on any atom is -0.467 e. The third-order valence-electron chi connectivity index (χ3n) is 4.23. The molecule has 1 aliphatic rings. The Balaban J connectivity index is 1.64. The van der Waals surface area contributed by atoms with Crippen LogP contribution in [0, 0.1) is 17.0 Å². The lowest BCUT2D eigenvalue weighted by Gasteiger charge is -2.20. The molecule has 0 bridgehead atoms. The van der Waals surface area contributed by atoms with Gasteiger partial charge in [0, 0.05) is 29.0 Å². The Labute approximate surface area is 159 Å². The first kappa shape index (κ1) is 17.5. The van der Waals surface area contributed by atoms with E-state index < -0.39 is 4.92 Å². The van der Waals surface area contributed by atoms with E-state index in [1.807, 2.05) is 35.8 Å². The maximum absolute atomic E-state index is 11.2. The van der Waals surface area contributed by atoms with Crippen LogP contribution in [0.15, 0.2) is 47.9 Å². The highest BCUT2D eigenvalue weighted by Gasteiger charge is 2.21. The highest BCUT2D eigenvalue weighted by Crippen LogP contribution is 2.36. The topological polar surface area (TPSA) is 92.3 Å². The summed E-state index contributed by atoms with van der Waals surface area (Å²) in [6.45, 7) is 2.46. The van der Waals surface area contributed by atoms with E-state index in [-0.39, 0.29) is 12.5 Å². The minimum atomic E-state index is -0.404. The van der Waals surface area contributed by atoms with Crippen molar-refractivity contribution >= 4 is 17.4 Å².